The van der Waals surface area contributed by atoms with Crippen molar-refractivity contribution in [2.45, 2.75) is 39.7 Å². The number of hydrogen-bond acceptors (Lipinski definition) is 1. The van der Waals surface area contributed by atoms with Gasteiger partial charge in [-0.15, -0.1) is 0 Å². The van der Waals surface area contributed by atoms with E-state index in [1.165, 1.54) is 16.7 Å². The highest BCUT2D eigenvalue weighted by atomic mass is 16.2. The van der Waals surface area contributed by atoms with Crippen LogP contribution in [0.15, 0.2) is 42.5 Å². The molecule has 2 aromatic carbocycles. The van der Waals surface area contributed by atoms with Crippen molar-refractivity contribution in [2.24, 2.45) is 0 Å². The predicted octanol–water partition coefficient (Wildman–Crippen LogP) is 4.98. The molecule has 1 fully saturated rings. The zero-order valence-corrected chi connectivity index (χ0v) is 14.1. The molecular formula is C20H24N2O. The van der Waals surface area contributed by atoms with E-state index >= 15 is 0 Å². The summed E-state index contributed by atoms with van der Waals surface area (Å²) in [4.78, 5) is 14.8. The Hall–Kier alpha value is -2.29. The minimum absolute atomic E-state index is 0.00412. The highest BCUT2D eigenvalue weighted by molar-refractivity contribution is 5.90. The van der Waals surface area contributed by atoms with Crippen LogP contribution in [0.3, 0.4) is 0 Å². The molecule has 0 aromatic heterocycles. The maximum Gasteiger partial charge on any atom is 0.322 e. The third kappa shape index (κ3) is 3.09. The van der Waals surface area contributed by atoms with Gasteiger partial charge in [0.05, 0.1) is 6.04 Å². The van der Waals surface area contributed by atoms with Crippen molar-refractivity contribution in [3.63, 3.8) is 0 Å². The average Bonchev–Trinajstić information content (AvgIpc) is 3.02. The molecule has 120 valence electrons. The molecule has 1 aliphatic rings. The van der Waals surface area contributed by atoms with Crippen LogP contribution in [0.25, 0.3) is 0 Å². The second kappa shape index (κ2) is 6.45. The number of hydrogen-bond donors (Lipinski definition) is 1. The Labute approximate surface area is 138 Å². The third-order valence-electron chi connectivity index (χ3n) is 4.91. The zero-order chi connectivity index (χ0) is 16.4. The summed E-state index contributed by atoms with van der Waals surface area (Å²) in [6.07, 6.45) is 2.09. The largest absolute Gasteiger partial charge is 0.322 e. The minimum Gasteiger partial charge on any atom is -0.317 e. The average molecular weight is 308 g/mol. The molecule has 2 aromatic rings. The fourth-order valence-corrected chi connectivity index (χ4v) is 3.37. The molecule has 2 amide bonds. The maximum atomic E-state index is 12.8. The first-order valence-electron chi connectivity index (χ1n) is 8.27. The fourth-order valence-electron chi connectivity index (χ4n) is 3.37. The first-order chi connectivity index (χ1) is 11.1. The van der Waals surface area contributed by atoms with E-state index in [0.717, 1.165) is 30.6 Å². The molecule has 1 atom stereocenters. The van der Waals surface area contributed by atoms with Crippen LogP contribution in [0.1, 0.15) is 41.1 Å². The molecule has 3 heteroatoms. The van der Waals surface area contributed by atoms with Gasteiger partial charge in [-0.05, 0) is 61.9 Å². The van der Waals surface area contributed by atoms with Crippen LogP contribution in [0.2, 0.25) is 0 Å². The van der Waals surface area contributed by atoms with Crippen molar-refractivity contribution < 1.29 is 4.79 Å². The summed E-state index contributed by atoms with van der Waals surface area (Å²) >= 11 is 0. The number of amides is 2. The van der Waals surface area contributed by atoms with Crippen LogP contribution in [0, 0.1) is 20.8 Å². The monoisotopic (exact) mass is 308 g/mol. The van der Waals surface area contributed by atoms with E-state index in [4.69, 9.17) is 0 Å². The van der Waals surface area contributed by atoms with E-state index in [2.05, 4.69) is 43.4 Å². The van der Waals surface area contributed by atoms with Crippen molar-refractivity contribution in [3.8, 4) is 0 Å². The second-order valence-electron chi connectivity index (χ2n) is 6.39. The Morgan fingerprint density at radius 3 is 2.57 bits per heavy atom. The predicted molar refractivity (Wildman–Crippen MR) is 94.8 cm³/mol. The smallest absolute Gasteiger partial charge is 0.317 e. The van der Waals surface area contributed by atoms with Crippen molar-refractivity contribution in [2.75, 3.05) is 11.9 Å². The number of nitrogens with one attached hydrogen (secondary N) is 1. The van der Waals surface area contributed by atoms with Crippen molar-refractivity contribution in [1.82, 2.24) is 4.90 Å². The van der Waals surface area contributed by atoms with Gasteiger partial charge in [-0.25, -0.2) is 4.79 Å². The number of rotatable bonds is 2. The van der Waals surface area contributed by atoms with E-state index in [1.807, 2.05) is 30.0 Å². The van der Waals surface area contributed by atoms with Crippen molar-refractivity contribution >= 4 is 11.7 Å². The van der Waals surface area contributed by atoms with Crippen LogP contribution in [-0.2, 0) is 0 Å². The number of aryl methyl sites for hydroxylation is 2. The first kappa shape index (κ1) is 15.6. The number of anilines is 1. The van der Waals surface area contributed by atoms with Gasteiger partial charge in [0, 0.05) is 12.2 Å². The van der Waals surface area contributed by atoms with Gasteiger partial charge in [0.1, 0.15) is 0 Å². The standard InChI is InChI=1S/C20H24N2O/c1-14-9-6-11-18(16(14)3)21-20(23)22-13-7-12-19(22)17-10-5-4-8-15(17)2/h4-6,8-11,19H,7,12-13H2,1-3H3,(H,21,23)/t19-/m0/s1. The Morgan fingerprint density at radius 2 is 1.78 bits per heavy atom. The summed E-state index contributed by atoms with van der Waals surface area (Å²) in [6.45, 7) is 7.05. The molecule has 23 heavy (non-hydrogen) atoms. The zero-order valence-electron chi connectivity index (χ0n) is 14.1. The van der Waals surface area contributed by atoms with Crippen molar-refractivity contribution in [3.05, 3.63) is 64.7 Å². The summed E-state index contributed by atoms with van der Waals surface area (Å²) in [5, 5.41) is 3.10. The van der Waals surface area contributed by atoms with E-state index in [1.54, 1.807) is 0 Å². The highest BCUT2D eigenvalue weighted by Gasteiger charge is 2.30. The number of carbonyl (C=O) groups is 1. The summed E-state index contributed by atoms with van der Waals surface area (Å²) in [5.74, 6) is 0. The second-order valence-corrected chi connectivity index (χ2v) is 6.39. The molecule has 3 rings (SSSR count). The topological polar surface area (TPSA) is 32.3 Å². The third-order valence-corrected chi connectivity index (χ3v) is 4.91. The quantitative estimate of drug-likeness (QED) is 0.833. The molecule has 0 bridgehead atoms. The molecular weight excluding hydrogens is 284 g/mol. The van der Waals surface area contributed by atoms with Gasteiger partial charge in [-0.3, -0.25) is 0 Å². The molecule has 0 aliphatic carbocycles. The first-order valence-corrected chi connectivity index (χ1v) is 8.27. The summed E-state index contributed by atoms with van der Waals surface area (Å²) in [5.41, 5.74) is 5.75. The van der Waals surface area contributed by atoms with Gasteiger partial charge in [0.25, 0.3) is 0 Å². The number of carbonyl (C=O) groups excluding carboxylic acids is 1. The number of urea groups is 1. The lowest BCUT2D eigenvalue weighted by Gasteiger charge is -2.27. The molecule has 0 spiro atoms. The molecule has 1 saturated heterocycles. The minimum atomic E-state index is 0.00412. The molecule has 1 aliphatic heterocycles. The van der Waals surface area contributed by atoms with Crippen LogP contribution in [0.4, 0.5) is 10.5 Å². The highest BCUT2D eigenvalue weighted by Crippen LogP contribution is 2.34. The SMILES string of the molecule is Cc1ccccc1[C@@H]1CCCN1C(=O)Nc1cccc(C)c1C. The normalized spacial score (nSPS) is 17.3. The van der Waals surface area contributed by atoms with Crippen molar-refractivity contribution in [1.29, 1.82) is 0 Å². The lowest BCUT2D eigenvalue weighted by atomic mass is 9.99. The molecule has 3 nitrogen and oxygen atoms in total. The Balaban J connectivity index is 1.81. The van der Waals surface area contributed by atoms with E-state index < -0.39 is 0 Å². The Morgan fingerprint density at radius 1 is 1.04 bits per heavy atom. The van der Waals surface area contributed by atoms with Crippen LogP contribution >= 0.6 is 0 Å². The van der Waals surface area contributed by atoms with Crippen LogP contribution in [-0.4, -0.2) is 17.5 Å². The molecule has 1 N–H and O–H groups in total. The maximum absolute atomic E-state index is 12.8. The van der Waals surface area contributed by atoms with Gasteiger partial charge in [0.15, 0.2) is 0 Å². The van der Waals surface area contributed by atoms with E-state index in [-0.39, 0.29) is 12.1 Å². The van der Waals surface area contributed by atoms with Crippen LogP contribution in [0.5, 0.6) is 0 Å². The Kier molecular flexibility index (Phi) is 4.37. The number of benzene rings is 2. The van der Waals surface area contributed by atoms with E-state index in [0.29, 0.717) is 0 Å². The molecule has 0 saturated carbocycles. The number of likely N-dealkylation sites (tertiary alicyclic amines) is 1. The summed E-state index contributed by atoms with van der Waals surface area (Å²) < 4.78 is 0. The molecule has 0 radical (unpaired) electrons. The fraction of sp³-hybridized carbons (Fsp3) is 0.350. The van der Waals surface area contributed by atoms with Gasteiger partial charge >= 0.3 is 6.03 Å². The summed E-state index contributed by atoms with van der Waals surface area (Å²) in [6, 6.07) is 14.6. The van der Waals surface area contributed by atoms with Gasteiger partial charge < -0.3 is 10.2 Å². The van der Waals surface area contributed by atoms with Gasteiger partial charge in [-0.1, -0.05) is 36.4 Å². The van der Waals surface area contributed by atoms with Crippen LogP contribution < -0.4 is 5.32 Å². The van der Waals surface area contributed by atoms with Gasteiger partial charge in [-0.2, -0.15) is 0 Å². The lowest BCUT2D eigenvalue weighted by molar-refractivity contribution is 0.207. The van der Waals surface area contributed by atoms with E-state index in [9.17, 15) is 4.79 Å². The Bertz CT molecular complexity index is 723. The number of nitrogens with zero attached hydrogens (tertiary/aromatic N) is 1. The molecule has 1 heterocycles. The van der Waals surface area contributed by atoms with Gasteiger partial charge in [0.2, 0.25) is 0 Å². The summed E-state index contributed by atoms with van der Waals surface area (Å²) in [7, 11) is 0. The lowest BCUT2D eigenvalue weighted by Crippen LogP contribution is -2.34. The molecule has 0 unspecified atom stereocenters.